The second-order valence-corrected chi connectivity index (χ2v) is 7.02. The molecule has 1 saturated carbocycles. The third-order valence-electron chi connectivity index (χ3n) is 4.38. The summed E-state index contributed by atoms with van der Waals surface area (Å²) < 4.78 is 10.5. The summed E-state index contributed by atoms with van der Waals surface area (Å²) in [5.41, 5.74) is 1.58. The average molecular weight is 376 g/mol. The minimum absolute atomic E-state index is 0.0486. The molecule has 0 spiro atoms. The molecule has 2 aromatic rings. The smallest absolute Gasteiger partial charge is 0.306 e. The Kier molecular flexibility index (Phi) is 5.41. The molecule has 0 radical (unpaired) electrons. The first-order valence-corrected chi connectivity index (χ1v) is 9.07. The number of hydrogen-bond donors (Lipinski definition) is 2. The van der Waals surface area contributed by atoms with Crippen molar-refractivity contribution in [3.63, 3.8) is 0 Å². The fraction of sp³-hybridized carbons (Fsp3) is 0.389. The van der Waals surface area contributed by atoms with Gasteiger partial charge in [-0.2, -0.15) is 0 Å². The van der Waals surface area contributed by atoms with E-state index in [2.05, 4.69) is 10.3 Å². The number of carbonyl (C=O) groups excluding carboxylic acids is 1. The molecule has 1 heterocycles. The second-order valence-electron chi connectivity index (χ2n) is 6.16. The summed E-state index contributed by atoms with van der Waals surface area (Å²) in [6.45, 7) is 0. The van der Waals surface area contributed by atoms with Crippen LogP contribution in [-0.4, -0.2) is 42.2 Å². The molecule has 8 heteroatoms. The van der Waals surface area contributed by atoms with E-state index in [0.717, 1.165) is 10.6 Å². The van der Waals surface area contributed by atoms with Crippen molar-refractivity contribution in [2.75, 3.05) is 14.2 Å². The van der Waals surface area contributed by atoms with Crippen molar-refractivity contribution in [2.45, 2.75) is 25.3 Å². The van der Waals surface area contributed by atoms with Gasteiger partial charge in [-0.05, 0) is 31.0 Å². The van der Waals surface area contributed by atoms with Crippen LogP contribution in [0, 0.1) is 5.92 Å². The van der Waals surface area contributed by atoms with Crippen molar-refractivity contribution in [3.05, 3.63) is 29.3 Å². The van der Waals surface area contributed by atoms with Gasteiger partial charge in [0.2, 0.25) is 5.91 Å². The Morgan fingerprint density at radius 2 is 2.00 bits per heavy atom. The molecule has 0 bridgehead atoms. The van der Waals surface area contributed by atoms with Gasteiger partial charge in [0.15, 0.2) is 11.5 Å². The van der Waals surface area contributed by atoms with E-state index in [1.54, 1.807) is 14.2 Å². The summed E-state index contributed by atoms with van der Waals surface area (Å²) in [5, 5.41) is 14.4. The summed E-state index contributed by atoms with van der Waals surface area (Å²) in [7, 11) is 3.16. The molecular weight excluding hydrogens is 356 g/mol. The Morgan fingerprint density at radius 3 is 2.65 bits per heavy atom. The summed E-state index contributed by atoms with van der Waals surface area (Å²) >= 11 is 1.46. The van der Waals surface area contributed by atoms with Crippen LogP contribution in [0.3, 0.4) is 0 Å². The summed E-state index contributed by atoms with van der Waals surface area (Å²) in [5.74, 6) is -0.00109. The number of carboxylic acids is 1. The third kappa shape index (κ3) is 3.96. The van der Waals surface area contributed by atoms with Gasteiger partial charge in [-0.3, -0.25) is 9.59 Å². The lowest BCUT2D eigenvalue weighted by atomic mass is 9.80. The van der Waals surface area contributed by atoms with Crippen molar-refractivity contribution in [2.24, 2.45) is 5.92 Å². The normalized spacial score (nSPS) is 18.7. The molecule has 1 aliphatic carbocycles. The minimum Gasteiger partial charge on any atom is -0.493 e. The van der Waals surface area contributed by atoms with E-state index in [4.69, 9.17) is 14.6 Å². The highest BCUT2D eigenvalue weighted by molar-refractivity contribution is 7.13. The number of aromatic nitrogens is 1. The number of ether oxygens (including phenoxy) is 2. The first-order valence-electron chi connectivity index (χ1n) is 8.19. The quantitative estimate of drug-likeness (QED) is 0.770. The maximum atomic E-state index is 12.1. The molecule has 0 unspecified atom stereocenters. The highest BCUT2D eigenvalue weighted by Crippen LogP contribution is 2.33. The number of nitrogens with one attached hydrogen (secondary N) is 1. The monoisotopic (exact) mass is 376 g/mol. The molecule has 2 N–H and O–H groups in total. The van der Waals surface area contributed by atoms with Gasteiger partial charge in [0.05, 0.1) is 32.3 Å². The molecule has 1 fully saturated rings. The van der Waals surface area contributed by atoms with Gasteiger partial charge in [-0.1, -0.05) is 0 Å². The van der Waals surface area contributed by atoms with Gasteiger partial charge in [-0.15, -0.1) is 11.3 Å². The number of aliphatic carboxylic acids is 1. The zero-order valence-electron chi connectivity index (χ0n) is 14.5. The van der Waals surface area contributed by atoms with E-state index >= 15 is 0 Å². The topological polar surface area (TPSA) is 97.8 Å². The largest absolute Gasteiger partial charge is 0.493 e. The molecule has 1 amide bonds. The third-order valence-corrected chi connectivity index (χ3v) is 5.32. The van der Waals surface area contributed by atoms with Crippen LogP contribution in [0.5, 0.6) is 11.5 Å². The first kappa shape index (κ1) is 18.2. The van der Waals surface area contributed by atoms with E-state index in [1.807, 2.05) is 23.6 Å². The number of nitrogens with zero attached hydrogens (tertiary/aromatic N) is 1. The number of hydrogen-bond acceptors (Lipinski definition) is 6. The van der Waals surface area contributed by atoms with E-state index in [9.17, 15) is 9.59 Å². The molecule has 7 nitrogen and oxygen atoms in total. The molecule has 0 saturated heterocycles. The molecule has 1 aliphatic rings. The van der Waals surface area contributed by atoms with Crippen LogP contribution in [0.25, 0.3) is 10.6 Å². The number of carbonyl (C=O) groups is 2. The second kappa shape index (κ2) is 7.74. The SMILES string of the molecule is COc1ccc(-c2nc(CC(=O)NC3CC(C(=O)O)C3)cs2)cc1OC. The summed E-state index contributed by atoms with van der Waals surface area (Å²) in [6, 6.07) is 5.51. The van der Waals surface area contributed by atoms with Crippen LogP contribution in [0.2, 0.25) is 0 Å². The van der Waals surface area contributed by atoms with Gasteiger partial charge < -0.3 is 19.9 Å². The molecule has 0 aliphatic heterocycles. The molecule has 1 aromatic carbocycles. The fourth-order valence-electron chi connectivity index (χ4n) is 2.87. The zero-order chi connectivity index (χ0) is 18.7. The number of benzene rings is 1. The van der Waals surface area contributed by atoms with Crippen LogP contribution in [0.4, 0.5) is 0 Å². The van der Waals surface area contributed by atoms with Crippen molar-refractivity contribution >= 4 is 23.2 Å². The number of rotatable bonds is 7. The van der Waals surface area contributed by atoms with Crippen molar-refractivity contribution in [3.8, 4) is 22.1 Å². The number of thiazole rings is 1. The minimum atomic E-state index is -0.797. The van der Waals surface area contributed by atoms with Crippen LogP contribution in [0.15, 0.2) is 23.6 Å². The molecular formula is C18H20N2O5S. The Bertz CT molecular complexity index is 814. The number of methoxy groups -OCH3 is 2. The van der Waals surface area contributed by atoms with Gasteiger partial charge in [0, 0.05) is 17.0 Å². The van der Waals surface area contributed by atoms with E-state index in [0.29, 0.717) is 30.0 Å². The zero-order valence-corrected chi connectivity index (χ0v) is 15.3. The van der Waals surface area contributed by atoms with E-state index < -0.39 is 5.97 Å². The average Bonchev–Trinajstić information content (AvgIpc) is 3.05. The lowest BCUT2D eigenvalue weighted by Gasteiger charge is -2.32. The van der Waals surface area contributed by atoms with Crippen LogP contribution in [0.1, 0.15) is 18.5 Å². The van der Waals surface area contributed by atoms with Crippen LogP contribution >= 0.6 is 11.3 Å². The van der Waals surface area contributed by atoms with Crippen molar-refractivity contribution < 1.29 is 24.2 Å². The van der Waals surface area contributed by atoms with E-state index in [-0.39, 0.29) is 24.3 Å². The van der Waals surface area contributed by atoms with E-state index in [1.165, 1.54) is 11.3 Å². The van der Waals surface area contributed by atoms with Gasteiger partial charge >= 0.3 is 5.97 Å². The molecule has 0 atom stereocenters. The predicted molar refractivity (Wildman–Crippen MR) is 96.6 cm³/mol. The lowest BCUT2D eigenvalue weighted by molar-refractivity contribution is -0.146. The summed E-state index contributed by atoms with van der Waals surface area (Å²) in [4.78, 5) is 27.4. The maximum Gasteiger partial charge on any atom is 0.306 e. The Morgan fingerprint density at radius 1 is 1.27 bits per heavy atom. The predicted octanol–water partition coefficient (Wildman–Crippen LogP) is 2.35. The highest BCUT2D eigenvalue weighted by atomic mass is 32.1. The summed E-state index contributed by atoms with van der Waals surface area (Å²) in [6.07, 6.45) is 1.17. The number of carboxylic acid groups (broad SMARTS) is 1. The van der Waals surface area contributed by atoms with Gasteiger partial charge in [0.25, 0.3) is 0 Å². The number of amides is 1. The van der Waals surface area contributed by atoms with Gasteiger partial charge in [0.1, 0.15) is 5.01 Å². The standard InChI is InChI=1S/C18H20N2O5S/c1-24-14-4-3-10(7-15(14)25-2)17-20-13(9-26-17)8-16(21)19-12-5-11(6-12)18(22)23/h3-4,7,9,11-12H,5-6,8H2,1-2H3,(H,19,21)(H,22,23). The Balaban J connectivity index is 1.60. The van der Waals surface area contributed by atoms with Crippen molar-refractivity contribution in [1.82, 2.24) is 10.3 Å². The molecule has 1 aromatic heterocycles. The van der Waals surface area contributed by atoms with Crippen LogP contribution < -0.4 is 14.8 Å². The van der Waals surface area contributed by atoms with Gasteiger partial charge in [-0.25, -0.2) is 4.98 Å². The lowest BCUT2D eigenvalue weighted by Crippen LogP contribution is -2.47. The fourth-order valence-corrected chi connectivity index (χ4v) is 3.69. The Labute approximate surface area is 155 Å². The Hall–Kier alpha value is -2.61. The molecule has 3 rings (SSSR count). The maximum absolute atomic E-state index is 12.1. The van der Waals surface area contributed by atoms with Crippen LogP contribution in [-0.2, 0) is 16.0 Å². The highest BCUT2D eigenvalue weighted by Gasteiger charge is 2.35. The first-order chi connectivity index (χ1) is 12.5. The van der Waals surface area contributed by atoms with Crippen molar-refractivity contribution in [1.29, 1.82) is 0 Å². The molecule has 26 heavy (non-hydrogen) atoms. The molecule has 138 valence electrons.